The van der Waals surface area contributed by atoms with Crippen molar-refractivity contribution in [2.24, 2.45) is 5.92 Å². The Morgan fingerprint density at radius 1 is 1.52 bits per heavy atom. The molecule has 1 fully saturated rings. The first-order valence-corrected chi connectivity index (χ1v) is 7.14. The zero-order chi connectivity index (χ0) is 15.8. The van der Waals surface area contributed by atoms with Crippen molar-refractivity contribution in [1.82, 2.24) is 9.47 Å². The number of hydrogen-bond acceptors (Lipinski definition) is 4. The van der Waals surface area contributed by atoms with Gasteiger partial charge in [-0.2, -0.15) is 0 Å². The number of hydrogen-bond donors (Lipinski definition) is 1. The Morgan fingerprint density at radius 3 is 2.62 bits per heavy atom. The molecule has 0 radical (unpaired) electrons. The monoisotopic (exact) mass is 295 g/mol. The van der Waals surface area contributed by atoms with Gasteiger partial charge in [-0.1, -0.05) is 20.8 Å². The number of aryl methyl sites for hydroxylation is 1. The molecule has 1 aliphatic heterocycles. The van der Waals surface area contributed by atoms with Gasteiger partial charge in [0.15, 0.2) is 0 Å². The lowest BCUT2D eigenvalue weighted by Crippen LogP contribution is -2.66. The predicted octanol–water partition coefficient (Wildman–Crippen LogP) is 1.65. The van der Waals surface area contributed by atoms with Gasteiger partial charge in [-0.25, -0.2) is 0 Å². The summed E-state index contributed by atoms with van der Waals surface area (Å²) in [6.45, 7) is 6.86. The molecule has 0 aromatic carbocycles. The highest BCUT2D eigenvalue weighted by Gasteiger charge is 2.46. The summed E-state index contributed by atoms with van der Waals surface area (Å²) in [6, 6.07) is 1.31. The minimum absolute atomic E-state index is 0.0679. The first-order valence-electron chi connectivity index (χ1n) is 7.14. The molecule has 1 saturated heterocycles. The normalized spacial score (nSPS) is 16.9. The SMILES string of the molecule is CCCn1cc([N+](=O)[O-])cc1C(=O)N1CC(O)(C(C)C)C1. The van der Waals surface area contributed by atoms with Crippen LogP contribution in [0.25, 0.3) is 0 Å². The highest BCUT2D eigenvalue weighted by atomic mass is 16.6. The maximum absolute atomic E-state index is 12.4. The van der Waals surface area contributed by atoms with Gasteiger partial charge in [-0.15, -0.1) is 0 Å². The number of nitrogens with zero attached hydrogens (tertiary/aromatic N) is 3. The number of likely N-dealkylation sites (tertiary alicyclic amines) is 1. The first kappa shape index (κ1) is 15.5. The maximum Gasteiger partial charge on any atom is 0.287 e. The van der Waals surface area contributed by atoms with Crippen LogP contribution in [0.2, 0.25) is 0 Å². The van der Waals surface area contributed by atoms with E-state index < -0.39 is 10.5 Å². The summed E-state index contributed by atoms with van der Waals surface area (Å²) in [7, 11) is 0. The summed E-state index contributed by atoms with van der Waals surface area (Å²) in [5.74, 6) is -0.194. The van der Waals surface area contributed by atoms with E-state index in [1.807, 2.05) is 20.8 Å². The van der Waals surface area contributed by atoms with E-state index in [0.717, 1.165) is 6.42 Å². The second-order valence-corrected chi connectivity index (χ2v) is 5.95. The van der Waals surface area contributed by atoms with Crippen LogP contribution >= 0.6 is 0 Å². The van der Waals surface area contributed by atoms with Crippen molar-refractivity contribution < 1.29 is 14.8 Å². The summed E-state index contributed by atoms with van der Waals surface area (Å²) in [5, 5.41) is 21.1. The molecular weight excluding hydrogens is 274 g/mol. The lowest BCUT2D eigenvalue weighted by Gasteiger charge is -2.49. The minimum atomic E-state index is -0.843. The topological polar surface area (TPSA) is 88.6 Å². The van der Waals surface area contributed by atoms with Crippen molar-refractivity contribution in [3.63, 3.8) is 0 Å². The van der Waals surface area contributed by atoms with Crippen LogP contribution in [0.4, 0.5) is 5.69 Å². The molecule has 7 heteroatoms. The number of aliphatic hydroxyl groups is 1. The molecule has 1 aromatic rings. The lowest BCUT2D eigenvalue weighted by atomic mass is 9.83. The van der Waals surface area contributed by atoms with Crippen LogP contribution < -0.4 is 0 Å². The number of rotatable bonds is 5. The number of carbonyl (C=O) groups excluding carboxylic acids is 1. The maximum atomic E-state index is 12.4. The molecule has 0 aliphatic carbocycles. The zero-order valence-corrected chi connectivity index (χ0v) is 12.6. The molecule has 0 atom stereocenters. The van der Waals surface area contributed by atoms with Gasteiger partial charge in [0.2, 0.25) is 0 Å². The van der Waals surface area contributed by atoms with Gasteiger partial charge in [-0.05, 0) is 12.3 Å². The van der Waals surface area contributed by atoms with Crippen LogP contribution in [-0.2, 0) is 6.54 Å². The van der Waals surface area contributed by atoms with E-state index >= 15 is 0 Å². The summed E-state index contributed by atoms with van der Waals surface area (Å²) in [6.07, 6.45) is 2.17. The molecule has 0 saturated carbocycles. The predicted molar refractivity (Wildman–Crippen MR) is 77.1 cm³/mol. The Hall–Kier alpha value is -1.89. The number of aromatic nitrogens is 1. The Balaban J connectivity index is 2.18. The van der Waals surface area contributed by atoms with Crippen molar-refractivity contribution in [2.75, 3.05) is 13.1 Å². The lowest BCUT2D eigenvalue weighted by molar-refractivity contribution is -0.384. The molecule has 0 spiro atoms. The van der Waals surface area contributed by atoms with E-state index in [1.54, 1.807) is 4.57 Å². The van der Waals surface area contributed by atoms with Crippen LogP contribution in [-0.4, -0.2) is 44.1 Å². The molecule has 1 aliphatic rings. The van der Waals surface area contributed by atoms with Crippen LogP contribution in [0.3, 0.4) is 0 Å². The summed E-state index contributed by atoms with van der Waals surface area (Å²) in [4.78, 5) is 24.3. The first-order chi connectivity index (χ1) is 9.78. The highest BCUT2D eigenvalue weighted by Crippen LogP contribution is 2.30. The molecule has 0 bridgehead atoms. The fourth-order valence-corrected chi connectivity index (χ4v) is 2.49. The van der Waals surface area contributed by atoms with Crippen molar-refractivity contribution in [3.05, 3.63) is 28.1 Å². The van der Waals surface area contributed by atoms with Crippen LogP contribution in [0, 0.1) is 16.0 Å². The van der Waals surface area contributed by atoms with Gasteiger partial charge in [0.25, 0.3) is 11.6 Å². The average Bonchev–Trinajstić information content (AvgIpc) is 2.78. The molecule has 7 nitrogen and oxygen atoms in total. The molecule has 116 valence electrons. The van der Waals surface area contributed by atoms with Crippen molar-refractivity contribution in [2.45, 2.75) is 39.3 Å². The Bertz CT molecular complexity index is 559. The molecule has 2 heterocycles. The minimum Gasteiger partial charge on any atom is -0.386 e. The molecule has 1 amide bonds. The van der Waals surface area contributed by atoms with E-state index in [1.165, 1.54) is 17.2 Å². The Kier molecular flexibility index (Phi) is 4.04. The quantitative estimate of drug-likeness (QED) is 0.660. The van der Waals surface area contributed by atoms with Crippen LogP contribution in [0.1, 0.15) is 37.7 Å². The van der Waals surface area contributed by atoms with E-state index in [-0.39, 0.29) is 30.6 Å². The van der Waals surface area contributed by atoms with Crippen LogP contribution in [0.15, 0.2) is 12.3 Å². The Morgan fingerprint density at radius 2 is 2.14 bits per heavy atom. The number of nitro groups is 1. The third-order valence-electron chi connectivity index (χ3n) is 4.07. The summed E-state index contributed by atoms with van der Waals surface area (Å²) >= 11 is 0. The molecular formula is C14H21N3O4. The van der Waals surface area contributed by atoms with E-state index in [2.05, 4.69) is 0 Å². The largest absolute Gasteiger partial charge is 0.386 e. The molecule has 1 N–H and O–H groups in total. The molecule has 2 rings (SSSR count). The second-order valence-electron chi connectivity index (χ2n) is 5.95. The van der Waals surface area contributed by atoms with E-state index in [0.29, 0.717) is 12.2 Å². The fraction of sp³-hybridized carbons (Fsp3) is 0.643. The van der Waals surface area contributed by atoms with Gasteiger partial charge < -0.3 is 14.6 Å². The van der Waals surface area contributed by atoms with Gasteiger partial charge >= 0.3 is 0 Å². The van der Waals surface area contributed by atoms with Crippen LogP contribution in [0.5, 0.6) is 0 Å². The standard InChI is InChI=1S/C14H21N3O4/c1-4-5-15-7-11(17(20)21)6-12(15)13(18)16-8-14(19,9-16)10(2)3/h6-7,10,19H,4-5,8-9H2,1-3H3. The number of amides is 1. The fourth-order valence-electron chi connectivity index (χ4n) is 2.49. The smallest absolute Gasteiger partial charge is 0.287 e. The van der Waals surface area contributed by atoms with Gasteiger partial charge in [-0.3, -0.25) is 14.9 Å². The Labute approximate surface area is 123 Å². The van der Waals surface area contributed by atoms with Gasteiger partial charge in [0.05, 0.1) is 24.2 Å². The average molecular weight is 295 g/mol. The molecule has 21 heavy (non-hydrogen) atoms. The van der Waals surface area contributed by atoms with Crippen molar-refractivity contribution in [1.29, 1.82) is 0 Å². The van der Waals surface area contributed by atoms with Crippen molar-refractivity contribution in [3.8, 4) is 0 Å². The molecule has 0 unspecified atom stereocenters. The highest BCUT2D eigenvalue weighted by molar-refractivity contribution is 5.94. The summed E-state index contributed by atoms with van der Waals surface area (Å²) in [5.41, 5.74) is -0.607. The van der Waals surface area contributed by atoms with Crippen molar-refractivity contribution >= 4 is 11.6 Å². The second kappa shape index (κ2) is 5.48. The number of β-amino-alcohol motifs (C(OH)–C–C–N with tert-alkyl or cyclic N) is 1. The van der Waals surface area contributed by atoms with E-state index in [4.69, 9.17) is 0 Å². The van der Waals surface area contributed by atoms with Gasteiger partial charge in [0.1, 0.15) is 11.3 Å². The zero-order valence-electron chi connectivity index (χ0n) is 12.6. The number of carbonyl (C=O) groups is 1. The third-order valence-corrected chi connectivity index (χ3v) is 4.07. The van der Waals surface area contributed by atoms with E-state index in [9.17, 15) is 20.0 Å². The molecule has 1 aromatic heterocycles. The van der Waals surface area contributed by atoms with Gasteiger partial charge in [0, 0.05) is 12.6 Å². The third kappa shape index (κ3) is 2.78. The summed E-state index contributed by atoms with van der Waals surface area (Å²) < 4.78 is 1.62.